The molecular weight excluding hydrogens is 505 g/mol. The molecule has 202 valence electrons. The van der Waals surface area contributed by atoms with Crippen LogP contribution in [0.2, 0.25) is 0 Å². The third-order valence-electron chi connectivity index (χ3n) is 7.63. The zero-order valence-electron chi connectivity index (χ0n) is 21.9. The second-order valence-electron chi connectivity index (χ2n) is 10.4. The predicted molar refractivity (Wildman–Crippen MR) is 144 cm³/mol. The van der Waals surface area contributed by atoms with Crippen LogP contribution in [-0.2, 0) is 25.9 Å². The average molecular weight is 540 g/mol. The molecule has 3 heterocycles. The van der Waals surface area contributed by atoms with Crippen LogP contribution in [0.25, 0.3) is 0 Å². The summed E-state index contributed by atoms with van der Waals surface area (Å²) in [5.41, 5.74) is 4.43. The summed E-state index contributed by atoms with van der Waals surface area (Å²) in [6.45, 7) is 4.17. The van der Waals surface area contributed by atoms with E-state index in [-0.39, 0.29) is 22.4 Å². The highest BCUT2D eigenvalue weighted by Gasteiger charge is 2.29. The van der Waals surface area contributed by atoms with Crippen molar-refractivity contribution in [1.82, 2.24) is 25.4 Å². The molecule has 1 aliphatic carbocycles. The number of aromatic nitrogens is 3. The fourth-order valence-electron chi connectivity index (χ4n) is 5.55. The van der Waals surface area contributed by atoms with Gasteiger partial charge in [0.15, 0.2) is 0 Å². The minimum Gasteiger partial charge on any atom is -0.489 e. The topological polar surface area (TPSA) is 100 Å². The number of amides is 1. The van der Waals surface area contributed by atoms with Crippen LogP contribution in [-0.4, -0.2) is 52.2 Å². The number of rotatable bonds is 8. The molecule has 1 saturated heterocycles. The molecule has 2 aromatic heterocycles. The third kappa shape index (κ3) is 6.30. The van der Waals surface area contributed by atoms with Crippen LogP contribution >= 0.6 is 11.3 Å². The second-order valence-corrected chi connectivity index (χ2v) is 11.5. The first kappa shape index (κ1) is 26.5. The van der Waals surface area contributed by atoms with Crippen molar-refractivity contribution in [2.45, 2.75) is 64.5 Å². The van der Waals surface area contributed by atoms with Crippen LogP contribution in [0, 0.1) is 18.7 Å². The van der Waals surface area contributed by atoms with Gasteiger partial charge in [-0.1, -0.05) is 11.3 Å². The summed E-state index contributed by atoms with van der Waals surface area (Å²) in [7, 11) is 2.08. The first-order valence-corrected chi connectivity index (χ1v) is 14.1. The molecule has 2 aliphatic rings. The monoisotopic (exact) mass is 539 g/mol. The number of nitrogens with zero attached hydrogens (tertiary/aromatic N) is 3. The van der Waals surface area contributed by atoms with Crippen molar-refractivity contribution in [3.8, 4) is 5.75 Å². The molecular formula is C28H34FN5O3S. The number of benzene rings is 1. The molecule has 1 atom stereocenters. The summed E-state index contributed by atoms with van der Waals surface area (Å²) in [6, 6.07) is 6.20. The van der Waals surface area contributed by atoms with Crippen LogP contribution < -0.4 is 14.9 Å². The van der Waals surface area contributed by atoms with Crippen molar-refractivity contribution >= 4 is 17.2 Å². The lowest BCUT2D eigenvalue weighted by Gasteiger charge is -2.34. The highest BCUT2D eigenvalue weighted by Crippen LogP contribution is 2.27. The zero-order chi connectivity index (χ0) is 26.6. The summed E-state index contributed by atoms with van der Waals surface area (Å²) >= 11 is 1.04. The maximum absolute atomic E-state index is 15.1. The number of hydrogen-bond acceptors (Lipinski definition) is 7. The van der Waals surface area contributed by atoms with Crippen molar-refractivity contribution in [3.63, 3.8) is 0 Å². The Kier molecular flexibility index (Phi) is 8.18. The van der Waals surface area contributed by atoms with Crippen LogP contribution in [0.5, 0.6) is 5.75 Å². The Morgan fingerprint density at radius 1 is 1.26 bits per heavy atom. The minimum atomic E-state index is -0.625. The van der Waals surface area contributed by atoms with Crippen LogP contribution in [0.4, 0.5) is 4.39 Å². The minimum absolute atomic E-state index is 0.0253. The van der Waals surface area contributed by atoms with Crippen molar-refractivity contribution in [1.29, 1.82) is 0 Å². The number of fused-ring (bicyclic) bond motifs is 1. The van der Waals surface area contributed by atoms with Crippen molar-refractivity contribution in [2.24, 2.45) is 5.92 Å². The van der Waals surface area contributed by atoms with Gasteiger partial charge in [-0.05, 0) is 101 Å². The SMILES string of the molecule is Cc1cc(COc2ccc(C(=O)NC(Cc3n[nH]c(=O)s3)C3CCN(C)CC3)c(F)c2)c2c(n1)CCCC2. The van der Waals surface area contributed by atoms with E-state index in [0.717, 1.165) is 79.9 Å². The molecule has 1 fully saturated rings. The van der Waals surface area contributed by atoms with Crippen LogP contribution in [0.1, 0.15) is 63.6 Å². The van der Waals surface area contributed by atoms with Crippen LogP contribution in [0.15, 0.2) is 29.1 Å². The molecule has 8 nitrogen and oxygen atoms in total. The molecule has 1 aliphatic heterocycles. The normalized spacial score (nSPS) is 17.1. The van der Waals surface area contributed by atoms with Crippen molar-refractivity contribution in [2.75, 3.05) is 20.1 Å². The smallest absolute Gasteiger partial charge is 0.322 e. The van der Waals surface area contributed by atoms with E-state index in [1.807, 2.05) is 13.0 Å². The van der Waals surface area contributed by atoms with Gasteiger partial charge in [0.2, 0.25) is 0 Å². The number of aromatic amines is 1. The summed E-state index contributed by atoms with van der Waals surface area (Å²) in [6.07, 6.45) is 6.52. The Morgan fingerprint density at radius 2 is 2.05 bits per heavy atom. The Labute approximate surface area is 225 Å². The van der Waals surface area contributed by atoms with Gasteiger partial charge < -0.3 is 15.0 Å². The number of hydrogen-bond donors (Lipinski definition) is 2. The number of nitrogens with one attached hydrogen (secondary N) is 2. The molecule has 38 heavy (non-hydrogen) atoms. The van der Waals surface area contributed by atoms with E-state index in [2.05, 4.69) is 32.4 Å². The zero-order valence-corrected chi connectivity index (χ0v) is 22.7. The number of H-pyrrole nitrogens is 1. The van der Waals surface area contributed by atoms with E-state index in [9.17, 15) is 9.59 Å². The molecule has 1 aromatic carbocycles. The van der Waals surface area contributed by atoms with Gasteiger partial charge in [-0.3, -0.25) is 14.6 Å². The summed E-state index contributed by atoms with van der Waals surface area (Å²) in [5.74, 6) is -0.500. The molecule has 10 heteroatoms. The Balaban J connectivity index is 1.27. The highest BCUT2D eigenvalue weighted by molar-refractivity contribution is 7.08. The molecule has 1 amide bonds. The lowest BCUT2D eigenvalue weighted by atomic mass is 9.87. The predicted octanol–water partition coefficient (Wildman–Crippen LogP) is 3.81. The molecule has 0 bridgehead atoms. The van der Waals surface area contributed by atoms with E-state index >= 15 is 4.39 Å². The van der Waals surface area contributed by atoms with E-state index < -0.39 is 11.7 Å². The van der Waals surface area contributed by atoms with E-state index in [1.165, 1.54) is 17.7 Å². The fourth-order valence-corrected chi connectivity index (χ4v) is 6.21. The molecule has 0 spiro atoms. The average Bonchev–Trinajstić information content (AvgIpc) is 3.31. The Morgan fingerprint density at radius 3 is 2.79 bits per heavy atom. The highest BCUT2D eigenvalue weighted by atomic mass is 32.1. The maximum Gasteiger partial charge on any atom is 0.322 e. The number of piperidine rings is 1. The molecule has 3 aromatic rings. The van der Waals surface area contributed by atoms with Gasteiger partial charge in [0, 0.05) is 29.9 Å². The summed E-state index contributed by atoms with van der Waals surface area (Å²) < 4.78 is 21.1. The number of ether oxygens (including phenoxy) is 1. The molecule has 0 radical (unpaired) electrons. The van der Waals surface area contributed by atoms with Gasteiger partial charge in [0.25, 0.3) is 5.91 Å². The Bertz CT molecular complexity index is 1350. The van der Waals surface area contributed by atoms with Crippen molar-refractivity contribution < 1.29 is 13.9 Å². The first-order chi connectivity index (χ1) is 18.4. The second kappa shape index (κ2) is 11.7. The van der Waals surface area contributed by atoms with Gasteiger partial charge in [-0.2, -0.15) is 5.10 Å². The summed E-state index contributed by atoms with van der Waals surface area (Å²) in [5, 5.41) is 10.2. The van der Waals surface area contributed by atoms with Gasteiger partial charge in [0.05, 0.1) is 5.56 Å². The lowest BCUT2D eigenvalue weighted by molar-refractivity contribution is 0.0897. The number of carbonyl (C=O) groups excluding carboxylic acids is 1. The van der Waals surface area contributed by atoms with E-state index in [0.29, 0.717) is 23.8 Å². The number of carbonyl (C=O) groups is 1. The van der Waals surface area contributed by atoms with Gasteiger partial charge in [0.1, 0.15) is 23.2 Å². The Hall–Kier alpha value is -3.11. The molecule has 5 rings (SSSR count). The van der Waals surface area contributed by atoms with Gasteiger partial charge in [-0.15, -0.1) is 0 Å². The molecule has 2 N–H and O–H groups in total. The van der Waals surface area contributed by atoms with Gasteiger partial charge in [-0.25, -0.2) is 9.49 Å². The number of pyridine rings is 1. The first-order valence-electron chi connectivity index (χ1n) is 13.3. The van der Waals surface area contributed by atoms with Crippen LogP contribution in [0.3, 0.4) is 0 Å². The number of halogens is 1. The van der Waals surface area contributed by atoms with E-state index in [4.69, 9.17) is 4.74 Å². The largest absolute Gasteiger partial charge is 0.489 e. The maximum atomic E-state index is 15.1. The quantitative estimate of drug-likeness (QED) is 0.452. The van der Waals surface area contributed by atoms with E-state index in [1.54, 1.807) is 6.07 Å². The fraction of sp³-hybridized carbons (Fsp3) is 0.500. The molecule has 0 saturated carbocycles. The molecule has 1 unspecified atom stereocenters. The third-order valence-corrected chi connectivity index (χ3v) is 8.40. The van der Waals surface area contributed by atoms with Crippen molar-refractivity contribution in [3.05, 3.63) is 72.8 Å². The summed E-state index contributed by atoms with van der Waals surface area (Å²) in [4.78, 5) is 31.5. The lowest BCUT2D eigenvalue weighted by Crippen LogP contribution is -2.46. The van der Waals surface area contributed by atoms with Gasteiger partial charge >= 0.3 is 4.87 Å². The standard InChI is InChI=1S/C28H34FN5O3S/c1-17-13-19(21-5-3-4-6-24(21)30-17)16-37-20-7-8-22(23(29)14-20)27(35)31-25(15-26-32-33-28(36)38-26)18-9-11-34(2)12-10-18/h7-8,13-14,18,25H,3-6,9-12,15-16H2,1-2H3,(H,31,35)(H,33,36). The number of likely N-dealkylation sites (tertiary alicyclic amines) is 1. The number of aryl methyl sites for hydroxylation is 2.